The highest BCUT2D eigenvalue weighted by Gasteiger charge is 2.17. The van der Waals surface area contributed by atoms with Gasteiger partial charge in [0.2, 0.25) is 0 Å². The van der Waals surface area contributed by atoms with Crippen molar-refractivity contribution < 1.29 is 8.83 Å². The van der Waals surface area contributed by atoms with Gasteiger partial charge in [0.05, 0.1) is 11.0 Å². The fourth-order valence-corrected chi connectivity index (χ4v) is 7.92. The Balaban J connectivity index is 1.04. The van der Waals surface area contributed by atoms with E-state index in [1.54, 1.807) is 0 Å². The number of para-hydroxylation sites is 2. The molecule has 0 atom stereocenters. The van der Waals surface area contributed by atoms with Gasteiger partial charge in [-0.3, -0.25) is 0 Å². The van der Waals surface area contributed by atoms with Gasteiger partial charge in [-0.05, 0) is 100 Å². The van der Waals surface area contributed by atoms with Gasteiger partial charge in [-0.1, -0.05) is 103 Å². The van der Waals surface area contributed by atoms with Crippen LogP contribution < -0.4 is 0 Å². The van der Waals surface area contributed by atoms with Gasteiger partial charge in [-0.15, -0.1) is 0 Å². The lowest BCUT2D eigenvalue weighted by Gasteiger charge is -2.08. The number of nitrogens with zero attached hydrogens (tertiary/aromatic N) is 1. The molecule has 0 saturated heterocycles. The van der Waals surface area contributed by atoms with Gasteiger partial charge < -0.3 is 13.4 Å². The summed E-state index contributed by atoms with van der Waals surface area (Å²) in [5.74, 6) is 0. The highest BCUT2D eigenvalue weighted by atomic mass is 16.3. The van der Waals surface area contributed by atoms with Gasteiger partial charge in [0.1, 0.15) is 22.3 Å². The van der Waals surface area contributed by atoms with Crippen LogP contribution in [0.1, 0.15) is 0 Å². The normalized spacial score (nSPS) is 11.9. The Bertz CT molecular complexity index is 3130. The summed E-state index contributed by atoms with van der Waals surface area (Å²) in [5.41, 5.74) is 14.0. The highest BCUT2D eigenvalue weighted by Crippen LogP contribution is 2.41. The number of furan rings is 2. The van der Waals surface area contributed by atoms with E-state index in [9.17, 15) is 0 Å². The number of fused-ring (bicyclic) bond motifs is 9. The van der Waals surface area contributed by atoms with Crippen LogP contribution >= 0.6 is 0 Å². The van der Waals surface area contributed by atoms with Crippen molar-refractivity contribution in [3.63, 3.8) is 0 Å². The van der Waals surface area contributed by atoms with E-state index in [0.717, 1.165) is 60.7 Å². The summed E-state index contributed by atoms with van der Waals surface area (Å²) in [5, 5.41) is 6.84. The van der Waals surface area contributed by atoms with Crippen molar-refractivity contribution in [3.05, 3.63) is 176 Å². The van der Waals surface area contributed by atoms with Crippen molar-refractivity contribution in [1.29, 1.82) is 0 Å². The molecule has 0 N–H and O–H groups in total. The van der Waals surface area contributed by atoms with E-state index < -0.39 is 0 Å². The Morgan fingerprint density at radius 2 is 0.765 bits per heavy atom. The van der Waals surface area contributed by atoms with E-state index >= 15 is 0 Å². The van der Waals surface area contributed by atoms with Crippen LogP contribution in [-0.4, -0.2) is 4.57 Å². The van der Waals surface area contributed by atoms with Gasteiger partial charge in [0.15, 0.2) is 0 Å². The van der Waals surface area contributed by atoms with Crippen LogP contribution in [0.3, 0.4) is 0 Å². The topological polar surface area (TPSA) is 31.2 Å². The molecule has 3 heteroatoms. The lowest BCUT2D eigenvalue weighted by Crippen LogP contribution is -1.92. The fourth-order valence-electron chi connectivity index (χ4n) is 7.92. The third-order valence-corrected chi connectivity index (χ3v) is 10.4. The van der Waals surface area contributed by atoms with Crippen LogP contribution in [0.25, 0.3) is 105 Å². The molecule has 0 aliphatic carbocycles. The fraction of sp³-hybridized carbons (Fsp3) is 0. The lowest BCUT2D eigenvalue weighted by atomic mass is 9.97. The second kappa shape index (κ2) is 10.8. The Hall–Kier alpha value is -6.84. The number of rotatable bonds is 4. The molecule has 238 valence electrons. The van der Waals surface area contributed by atoms with Crippen molar-refractivity contribution in [2.45, 2.75) is 0 Å². The first-order valence-corrected chi connectivity index (χ1v) is 17.3. The van der Waals surface area contributed by atoms with E-state index in [4.69, 9.17) is 8.83 Å². The van der Waals surface area contributed by atoms with Crippen LogP contribution in [0.4, 0.5) is 0 Å². The van der Waals surface area contributed by atoms with Crippen LogP contribution in [0, 0.1) is 0 Å². The van der Waals surface area contributed by atoms with Crippen molar-refractivity contribution in [1.82, 2.24) is 4.57 Å². The Kier molecular flexibility index (Phi) is 5.96. The second-order valence-electron chi connectivity index (χ2n) is 13.3. The van der Waals surface area contributed by atoms with Crippen LogP contribution in [-0.2, 0) is 0 Å². The summed E-state index contributed by atoms with van der Waals surface area (Å²) in [6, 6.07) is 62.7. The lowest BCUT2D eigenvalue weighted by molar-refractivity contribution is 0.656. The predicted octanol–water partition coefficient (Wildman–Crippen LogP) is 13.6. The number of hydrogen-bond donors (Lipinski definition) is 0. The first-order chi connectivity index (χ1) is 25.2. The van der Waals surface area contributed by atoms with Crippen LogP contribution in [0.5, 0.6) is 0 Å². The van der Waals surface area contributed by atoms with Gasteiger partial charge >= 0.3 is 0 Å². The monoisotopic (exact) mass is 651 g/mol. The number of hydrogen-bond acceptors (Lipinski definition) is 2. The number of benzene rings is 8. The summed E-state index contributed by atoms with van der Waals surface area (Å²) in [7, 11) is 0. The molecule has 0 spiro atoms. The maximum atomic E-state index is 6.41. The molecule has 0 unspecified atom stereocenters. The summed E-state index contributed by atoms with van der Waals surface area (Å²) >= 11 is 0. The molecule has 3 nitrogen and oxygen atoms in total. The summed E-state index contributed by atoms with van der Waals surface area (Å²) in [6.07, 6.45) is 0. The predicted molar refractivity (Wildman–Crippen MR) is 212 cm³/mol. The molecular weight excluding hydrogens is 623 g/mol. The van der Waals surface area contributed by atoms with Gasteiger partial charge in [-0.2, -0.15) is 0 Å². The van der Waals surface area contributed by atoms with Crippen molar-refractivity contribution in [2.75, 3.05) is 0 Å². The summed E-state index contributed by atoms with van der Waals surface area (Å²) in [4.78, 5) is 0. The Morgan fingerprint density at radius 3 is 1.45 bits per heavy atom. The standard InChI is InChI=1S/C48H29NO2/c1-3-10-30(11-4-1)31-12-9-13-32(24-31)34-19-22-45-39(26-34)41-28-42-40-27-35(20-23-46(40)51-48(42)29-47(41)50-45)33-18-21-44-38(25-33)37-16-7-8-17-43(37)49(44)36-14-5-2-6-15-36/h1-29H. The molecular formula is C48H29NO2. The van der Waals surface area contributed by atoms with Gasteiger partial charge in [0.25, 0.3) is 0 Å². The maximum Gasteiger partial charge on any atom is 0.139 e. The van der Waals surface area contributed by atoms with E-state index in [0.29, 0.717) is 0 Å². The zero-order chi connectivity index (χ0) is 33.5. The quantitative estimate of drug-likeness (QED) is 0.190. The van der Waals surface area contributed by atoms with Crippen LogP contribution in [0.2, 0.25) is 0 Å². The molecule has 0 saturated carbocycles. The minimum Gasteiger partial charge on any atom is -0.456 e. The van der Waals surface area contributed by atoms with E-state index in [1.165, 1.54) is 44.1 Å². The van der Waals surface area contributed by atoms with E-state index in [-0.39, 0.29) is 0 Å². The Morgan fingerprint density at radius 1 is 0.275 bits per heavy atom. The molecule has 3 aromatic heterocycles. The number of aromatic nitrogens is 1. The molecule has 51 heavy (non-hydrogen) atoms. The zero-order valence-electron chi connectivity index (χ0n) is 27.5. The average Bonchev–Trinajstić information content (AvgIpc) is 3.85. The molecule has 0 amide bonds. The average molecular weight is 652 g/mol. The Labute approximate surface area is 293 Å². The molecule has 3 heterocycles. The van der Waals surface area contributed by atoms with Crippen LogP contribution in [0.15, 0.2) is 185 Å². The molecule has 0 aliphatic rings. The molecule has 0 radical (unpaired) electrons. The second-order valence-corrected chi connectivity index (χ2v) is 13.3. The van der Waals surface area contributed by atoms with Crippen molar-refractivity contribution >= 4 is 65.7 Å². The van der Waals surface area contributed by atoms with E-state index in [2.05, 4.69) is 174 Å². The van der Waals surface area contributed by atoms with Gasteiger partial charge in [-0.25, -0.2) is 0 Å². The molecule has 8 aromatic carbocycles. The largest absolute Gasteiger partial charge is 0.456 e. The highest BCUT2D eigenvalue weighted by molar-refractivity contribution is 6.16. The molecule has 0 fully saturated rings. The minimum atomic E-state index is 0.825. The summed E-state index contributed by atoms with van der Waals surface area (Å²) in [6.45, 7) is 0. The first kappa shape index (κ1) is 28.0. The van der Waals surface area contributed by atoms with Gasteiger partial charge in [0, 0.05) is 44.1 Å². The maximum absolute atomic E-state index is 6.41. The van der Waals surface area contributed by atoms with E-state index in [1.807, 2.05) is 6.07 Å². The molecule has 0 bridgehead atoms. The third-order valence-electron chi connectivity index (χ3n) is 10.4. The molecule has 0 aliphatic heterocycles. The summed E-state index contributed by atoms with van der Waals surface area (Å²) < 4.78 is 15.1. The SMILES string of the molecule is c1ccc(-c2cccc(-c3ccc4oc5cc6oc7ccc(-c8ccc9c(c8)c8ccccc8n9-c8ccccc8)cc7c6cc5c4c3)c2)cc1. The zero-order valence-corrected chi connectivity index (χ0v) is 27.5. The minimum absolute atomic E-state index is 0.825. The smallest absolute Gasteiger partial charge is 0.139 e. The third kappa shape index (κ3) is 4.38. The first-order valence-electron chi connectivity index (χ1n) is 17.3. The van der Waals surface area contributed by atoms with Crippen molar-refractivity contribution in [3.8, 4) is 39.1 Å². The molecule has 11 rings (SSSR count). The van der Waals surface area contributed by atoms with Crippen molar-refractivity contribution in [2.24, 2.45) is 0 Å². The molecule has 11 aromatic rings.